The molecule has 4 N–H and O–H groups in total. The van der Waals surface area contributed by atoms with Crippen LogP contribution in [-0.2, 0) is 0 Å². The number of aromatic amines is 2. The van der Waals surface area contributed by atoms with E-state index >= 15 is 0 Å². The van der Waals surface area contributed by atoms with E-state index < -0.39 is 0 Å². The number of H-pyrrole nitrogens is 2. The summed E-state index contributed by atoms with van der Waals surface area (Å²) >= 11 is 0. The zero-order valence-corrected chi connectivity index (χ0v) is 21.1. The molecule has 5 aromatic rings. The van der Waals surface area contributed by atoms with Gasteiger partial charge in [0.1, 0.15) is 11.5 Å². The largest absolute Gasteiger partial charge is 0.384 e. The second-order valence-corrected chi connectivity index (χ2v) is 10.00. The highest BCUT2D eigenvalue weighted by atomic mass is 19.1. The average Bonchev–Trinajstić information content (AvgIpc) is 3.52. The Hall–Kier alpha value is -3.82. The fourth-order valence-corrected chi connectivity index (χ4v) is 5.10. The Morgan fingerprint density at radius 1 is 1.08 bits per heavy atom. The Kier molecular flexibility index (Phi) is 6.31. The van der Waals surface area contributed by atoms with Crippen LogP contribution in [0.2, 0.25) is 0 Å². The molecule has 0 atom stereocenters. The zero-order valence-electron chi connectivity index (χ0n) is 21.1. The van der Waals surface area contributed by atoms with Gasteiger partial charge in [-0.3, -0.25) is 10.1 Å². The smallest absolute Gasteiger partial charge is 0.159 e. The number of likely N-dealkylation sites (N-methyl/N-ethyl adjacent to an activating group) is 1. The number of para-hydroxylation sites is 1. The number of benzene rings is 2. The number of halogens is 1. The number of nitrogens with one attached hydrogen (secondary N) is 4. The molecule has 3 aromatic heterocycles. The number of aromatic nitrogens is 5. The van der Waals surface area contributed by atoms with Crippen LogP contribution < -0.4 is 10.6 Å². The maximum absolute atomic E-state index is 14.6. The van der Waals surface area contributed by atoms with Crippen molar-refractivity contribution in [1.82, 2.24) is 35.4 Å². The topological polar surface area (TPSA) is 97.5 Å². The lowest BCUT2D eigenvalue weighted by Crippen LogP contribution is -2.27. The summed E-state index contributed by atoms with van der Waals surface area (Å²) in [5.41, 5.74) is 6.80. The van der Waals surface area contributed by atoms with Crippen molar-refractivity contribution in [2.45, 2.75) is 18.8 Å². The lowest BCUT2D eigenvalue weighted by Gasteiger charge is -2.21. The van der Waals surface area contributed by atoms with Crippen molar-refractivity contribution >= 4 is 27.6 Å². The van der Waals surface area contributed by atoms with E-state index in [1.165, 1.54) is 6.07 Å². The SMILES string of the molecule is CN(C)CCNc1cc(F)cc(-c2cccc3[nH]c(-c4n[nH]c5cnc(C6CCNCC6)cc45)nc23)c1. The van der Waals surface area contributed by atoms with Gasteiger partial charge in [-0.2, -0.15) is 5.10 Å². The first-order valence-corrected chi connectivity index (χ1v) is 12.8. The number of rotatable bonds is 7. The van der Waals surface area contributed by atoms with Crippen molar-refractivity contribution in [3.8, 4) is 22.6 Å². The van der Waals surface area contributed by atoms with E-state index in [1.807, 2.05) is 44.6 Å². The van der Waals surface area contributed by atoms with Crippen LogP contribution in [0.25, 0.3) is 44.6 Å². The quantitative estimate of drug-likeness (QED) is 0.259. The standard InChI is InChI=1S/C28H31FN8/c1-37(2)11-10-31-20-13-18(12-19(29)14-20)21-4-3-5-23-26(21)34-28(33-23)27-22-15-24(17-6-8-30-9-7-17)32-16-25(22)35-36-27/h3-5,12-17,30-31H,6-11H2,1-2H3,(H,33,34)(H,35,36). The lowest BCUT2D eigenvalue weighted by molar-refractivity contribution is 0.425. The van der Waals surface area contributed by atoms with E-state index in [9.17, 15) is 4.39 Å². The first-order chi connectivity index (χ1) is 18.0. The minimum atomic E-state index is -0.283. The second-order valence-electron chi connectivity index (χ2n) is 10.00. The maximum atomic E-state index is 14.6. The van der Waals surface area contributed by atoms with E-state index in [2.05, 4.69) is 36.8 Å². The van der Waals surface area contributed by atoms with Crippen LogP contribution in [0.1, 0.15) is 24.5 Å². The summed E-state index contributed by atoms with van der Waals surface area (Å²) in [5, 5.41) is 15.4. The average molecular weight is 499 g/mol. The van der Waals surface area contributed by atoms with Crippen LogP contribution in [0.15, 0.2) is 48.7 Å². The molecular weight excluding hydrogens is 467 g/mol. The Morgan fingerprint density at radius 3 is 2.78 bits per heavy atom. The number of fused-ring (bicyclic) bond motifs is 2. The van der Waals surface area contributed by atoms with Gasteiger partial charge in [-0.25, -0.2) is 9.37 Å². The van der Waals surface area contributed by atoms with Crippen molar-refractivity contribution in [1.29, 1.82) is 0 Å². The molecule has 190 valence electrons. The summed E-state index contributed by atoms with van der Waals surface area (Å²) in [5.74, 6) is 0.843. The Bertz CT molecular complexity index is 1550. The molecule has 4 heterocycles. The van der Waals surface area contributed by atoms with Gasteiger partial charge in [0.2, 0.25) is 0 Å². The highest BCUT2D eigenvalue weighted by Gasteiger charge is 2.20. The van der Waals surface area contributed by atoms with Gasteiger partial charge in [0.15, 0.2) is 5.82 Å². The molecule has 0 unspecified atom stereocenters. The third kappa shape index (κ3) is 4.80. The molecule has 1 fully saturated rings. The van der Waals surface area contributed by atoms with E-state index in [-0.39, 0.29) is 5.82 Å². The van der Waals surface area contributed by atoms with E-state index in [1.54, 1.807) is 6.07 Å². The van der Waals surface area contributed by atoms with Crippen LogP contribution in [0.5, 0.6) is 0 Å². The van der Waals surface area contributed by atoms with Crippen molar-refractivity contribution in [2.75, 3.05) is 45.6 Å². The summed E-state index contributed by atoms with van der Waals surface area (Å²) in [6, 6.07) is 13.1. The molecule has 6 rings (SSSR count). The zero-order chi connectivity index (χ0) is 25.4. The number of hydrogen-bond donors (Lipinski definition) is 4. The molecule has 9 heteroatoms. The van der Waals surface area contributed by atoms with E-state index in [0.29, 0.717) is 11.7 Å². The van der Waals surface area contributed by atoms with Crippen LogP contribution in [0, 0.1) is 5.82 Å². The molecule has 0 radical (unpaired) electrons. The predicted octanol–water partition coefficient (Wildman–Crippen LogP) is 4.75. The van der Waals surface area contributed by atoms with Crippen LogP contribution in [0.3, 0.4) is 0 Å². The van der Waals surface area contributed by atoms with Crippen molar-refractivity contribution < 1.29 is 4.39 Å². The molecular formula is C28H31FN8. The molecule has 1 aliphatic heterocycles. The van der Waals surface area contributed by atoms with E-state index in [4.69, 9.17) is 9.97 Å². The fourth-order valence-electron chi connectivity index (χ4n) is 5.10. The lowest BCUT2D eigenvalue weighted by atomic mass is 9.93. The van der Waals surface area contributed by atoms with Gasteiger partial charge >= 0.3 is 0 Å². The van der Waals surface area contributed by atoms with Gasteiger partial charge in [0.25, 0.3) is 0 Å². The van der Waals surface area contributed by atoms with Crippen LogP contribution >= 0.6 is 0 Å². The molecule has 0 spiro atoms. The first kappa shape index (κ1) is 23.6. The maximum Gasteiger partial charge on any atom is 0.159 e. The summed E-state index contributed by atoms with van der Waals surface area (Å²) in [6.07, 6.45) is 4.04. The Labute approximate surface area is 214 Å². The number of imidazole rings is 1. The molecule has 1 aliphatic rings. The summed E-state index contributed by atoms with van der Waals surface area (Å²) in [4.78, 5) is 15.2. The number of anilines is 1. The van der Waals surface area contributed by atoms with Crippen molar-refractivity contribution in [2.24, 2.45) is 0 Å². The van der Waals surface area contributed by atoms with Crippen molar-refractivity contribution in [3.63, 3.8) is 0 Å². The van der Waals surface area contributed by atoms with Crippen LogP contribution in [-0.4, -0.2) is 70.3 Å². The molecule has 0 saturated carbocycles. The highest BCUT2D eigenvalue weighted by molar-refractivity contribution is 5.97. The van der Waals surface area contributed by atoms with Gasteiger partial charge in [0, 0.05) is 41.3 Å². The minimum absolute atomic E-state index is 0.283. The molecule has 1 saturated heterocycles. The summed E-state index contributed by atoms with van der Waals surface area (Å²) in [6.45, 7) is 3.62. The summed E-state index contributed by atoms with van der Waals surface area (Å²) < 4.78 is 14.6. The van der Waals surface area contributed by atoms with Gasteiger partial charge in [0.05, 0.1) is 22.7 Å². The number of pyridine rings is 1. The molecule has 2 aromatic carbocycles. The van der Waals surface area contributed by atoms with Gasteiger partial charge in [-0.1, -0.05) is 12.1 Å². The van der Waals surface area contributed by atoms with Gasteiger partial charge < -0.3 is 20.5 Å². The Balaban J connectivity index is 1.37. The monoisotopic (exact) mass is 498 g/mol. The van der Waals surface area contributed by atoms with E-state index in [0.717, 1.165) is 89.2 Å². The molecule has 8 nitrogen and oxygen atoms in total. The third-order valence-electron chi connectivity index (χ3n) is 7.06. The second kappa shape index (κ2) is 9.91. The highest BCUT2D eigenvalue weighted by Crippen LogP contribution is 2.34. The fraction of sp³-hybridized carbons (Fsp3) is 0.321. The molecule has 37 heavy (non-hydrogen) atoms. The predicted molar refractivity (Wildman–Crippen MR) is 146 cm³/mol. The normalized spacial score (nSPS) is 14.7. The number of hydrogen-bond acceptors (Lipinski definition) is 6. The van der Waals surface area contributed by atoms with Gasteiger partial charge in [-0.05, 0) is 75.9 Å². The number of piperidine rings is 1. The van der Waals surface area contributed by atoms with Gasteiger partial charge in [-0.15, -0.1) is 0 Å². The molecule has 0 amide bonds. The van der Waals surface area contributed by atoms with Crippen LogP contribution in [0.4, 0.5) is 10.1 Å². The molecule has 0 bridgehead atoms. The minimum Gasteiger partial charge on any atom is -0.384 e. The number of nitrogens with zero attached hydrogens (tertiary/aromatic N) is 4. The molecule has 0 aliphatic carbocycles. The summed E-state index contributed by atoms with van der Waals surface area (Å²) in [7, 11) is 4.03. The first-order valence-electron chi connectivity index (χ1n) is 12.8. The van der Waals surface area contributed by atoms with Crippen molar-refractivity contribution in [3.05, 3.63) is 60.2 Å². The Morgan fingerprint density at radius 2 is 1.95 bits per heavy atom. The third-order valence-corrected chi connectivity index (χ3v) is 7.06.